The normalized spacial score (nSPS) is 20.8. The molecule has 1 aromatic carbocycles. The van der Waals surface area contributed by atoms with E-state index in [1.54, 1.807) is 0 Å². The molecule has 0 saturated carbocycles. The first-order valence-electron chi connectivity index (χ1n) is 8.31. The van der Waals surface area contributed by atoms with Crippen LogP contribution in [-0.4, -0.2) is 40.0 Å². The second-order valence-corrected chi connectivity index (χ2v) is 6.48. The fraction of sp³-hybridized carbons (Fsp3) is 0.389. The van der Waals surface area contributed by atoms with E-state index < -0.39 is 0 Å². The highest BCUT2D eigenvalue weighted by Crippen LogP contribution is 2.31. The summed E-state index contributed by atoms with van der Waals surface area (Å²) in [6.07, 6.45) is 6.42. The Morgan fingerprint density at radius 2 is 1.96 bits per heavy atom. The Bertz CT molecular complexity index is 792. The largest absolute Gasteiger partial charge is 0.312 e. The van der Waals surface area contributed by atoms with Crippen molar-refractivity contribution in [1.82, 2.24) is 14.8 Å². The molecule has 1 atom stereocenters. The maximum Gasteiger partial charge on any atom is 0.227 e. The number of nitrogens with zero attached hydrogens (tertiary/aromatic N) is 5. The molecule has 2 aliphatic rings. The van der Waals surface area contributed by atoms with Crippen molar-refractivity contribution < 1.29 is 4.79 Å². The van der Waals surface area contributed by atoms with Gasteiger partial charge in [0.15, 0.2) is 0 Å². The summed E-state index contributed by atoms with van der Waals surface area (Å²) in [5.41, 5.74) is 4.35. The van der Waals surface area contributed by atoms with E-state index in [0.717, 1.165) is 36.3 Å². The van der Waals surface area contributed by atoms with Crippen LogP contribution in [0.3, 0.4) is 0 Å². The minimum Gasteiger partial charge on any atom is -0.312 e. The summed E-state index contributed by atoms with van der Waals surface area (Å²) in [6.45, 7) is 0.824. The molecule has 6 heteroatoms. The SMILES string of the molecule is CN1N=C(c2ccc(N3CCCC3=O)cc2)C[C@@H]1c1cnn(C)c1. The molecule has 24 heavy (non-hydrogen) atoms. The lowest BCUT2D eigenvalue weighted by atomic mass is 10.0. The molecule has 0 radical (unpaired) electrons. The highest BCUT2D eigenvalue weighted by Gasteiger charge is 2.27. The highest BCUT2D eigenvalue weighted by molar-refractivity contribution is 6.02. The molecule has 0 bridgehead atoms. The van der Waals surface area contributed by atoms with E-state index in [-0.39, 0.29) is 11.9 Å². The molecule has 6 nitrogen and oxygen atoms in total. The number of carbonyl (C=O) groups is 1. The van der Waals surface area contributed by atoms with Gasteiger partial charge >= 0.3 is 0 Å². The van der Waals surface area contributed by atoms with Crippen LogP contribution >= 0.6 is 0 Å². The second kappa shape index (κ2) is 5.78. The smallest absolute Gasteiger partial charge is 0.227 e. The second-order valence-electron chi connectivity index (χ2n) is 6.48. The number of benzene rings is 1. The standard InChI is InChI=1S/C18H21N5O/c1-21-12-14(11-19-21)17-10-16(20-22(17)2)13-5-7-15(8-6-13)23-9-3-4-18(23)24/h5-8,11-12,17H,3-4,9-10H2,1-2H3/t17-/m1/s1. The first-order chi connectivity index (χ1) is 11.6. The maximum absolute atomic E-state index is 11.8. The van der Waals surface area contributed by atoms with Gasteiger partial charge in [-0.3, -0.25) is 14.5 Å². The van der Waals surface area contributed by atoms with Crippen molar-refractivity contribution in [2.75, 3.05) is 18.5 Å². The number of aromatic nitrogens is 2. The molecule has 1 saturated heterocycles. The predicted molar refractivity (Wildman–Crippen MR) is 92.9 cm³/mol. The van der Waals surface area contributed by atoms with E-state index in [9.17, 15) is 4.79 Å². The van der Waals surface area contributed by atoms with Gasteiger partial charge in [0.1, 0.15) is 0 Å². The summed E-state index contributed by atoms with van der Waals surface area (Å²) < 4.78 is 1.82. The van der Waals surface area contributed by atoms with E-state index in [1.165, 1.54) is 5.56 Å². The summed E-state index contributed by atoms with van der Waals surface area (Å²) in [5.74, 6) is 0.220. The summed E-state index contributed by atoms with van der Waals surface area (Å²) in [6, 6.07) is 8.42. The van der Waals surface area contributed by atoms with Gasteiger partial charge < -0.3 is 4.90 Å². The number of hydrogen-bond donors (Lipinski definition) is 0. The van der Waals surface area contributed by atoms with Crippen LogP contribution in [-0.2, 0) is 11.8 Å². The minimum absolute atomic E-state index is 0.220. The van der Waals surface area contributed by atoms with Crippen LogP contribution < -0.4 is 4.90 Å². The van der Waals surface area contributed by atoms with Gasteiger partial charge in [-0.25, -0.2) is 0 Å². The van der Waals surface area contributed by atoms with Crippen molar-refractivity contribution in [2.24, 2.45) is 12.1 Å². The van der Waals surface area contributed by atoms with Crippen molar-refractivity contribution in [2.45, 2.75) is 25.3 Å². The molecule has 124 valence electrons. The Kier molecular flexibility index (Phi) is 3.59. The van der Waals surface area contributed by atoms with Gasteiger partial charge in [0, 0.05) is 50.9 Å². The molecule has 0 aliphatic carbocycles. The number of hydrogen-bond acceptors (Lipinski definition) is 4. The Hall–Kier alpha value is -2.63. The third-order valence-corrected chi connectivity index (χ3v) is 4.81. The van der Waals surface area contributed by atoms with Crippen molar-refractivity contribution in [1.29, 1.82) is 0 Å². The third kappa shape index (κ3) is 2.58. The molecule has 2 aromatic rings. The first-order valence-corrected chi connectivity index (χ1v) is 8.31. The van der Waals surface area contributed by atoms with Crippen LogP contribution in [0.2, 0.25) is 0 Å². The molecular weight excluding hydrogens is 302 g/mol. The number of anilines is 1. The molecular formula is C18H21N5O. The predicted octanol–water partition coefficient (Wildman–Crippen LogP) is 2.33. The quantitative estimate of drug-likeness (QED) is 0.871. The van der Waals surface area contributed by atoms with E-state index in [0.29, 0.717) is 6.42 Å². The van der Waals surface area contributed by atoms with Gasteiger partial charge in [-0.05, 0) is 24.1 Å². The molecule has 2 aliphatic heterocycles. The summed E-state index contributed by atoms with van der Waals surface area (Å²) in [7, 11) is 3.93. The number of rotatable bonds is 3. The number of carbonyl (C=O) groups excluding carboxylic acids is 1. The Morgan fingerprint density at radius 1 is 1.17 bits per heavy atom. The third-order valence-electron chi connectivity index (χ3n) is 4.81. The zero-order chi connectivity index (χ0) is 16.7. The van der Waals surface area contributed by atoms with Crippen LogP contribution in [0.5, 0.6) is 0 Å². The lowest BCUT2D eigenvalue weighted by Crippen LogP contribution is -2.23. The molecule has 0 spiro atoms. The summed E-state index contributed by atoms with van der Waals surface area (Å²) >= 11 is 0. The molecule has 0 unspecified atom stereocenters. The van der Waals surface area contributed by atoms with E-state index in [2.05, 4.69) is 17.2 Å². The topological polar surface area (TPSA) is 53.7 Å². The minimum atomic E-state index is 0.220. The Labute approximate surface area is 141 Å². The summed E-state index contributed by atoms with van der Waals surface area (Å²) in [4.78, 5) is 13.7. The van der Waals surface area contributed by atoms with Crippen molar-refractivity contribution >= 4 is 17.3 Å². The highest BCUT2D eigenvalue weighted by atomic mass is 16.2. The fourth-order valence-electron chi connectivity index (χ4n) is 3.49. The number of hydrazone groups is 1. The average Bonchev–Trinajstić information content (AvgIpc) is 3.28. The van der Waals surface area contributed by atoms with Crippen molar-refractivity contribution in [3.8, 4) is 0 Å². The zero-order valence-corrected chi connectivity index (χ0v) is 14.0. The molecule has 1 amide bonds. The lowest BCUT2D eigenvalue weighted by Gasteiger charge is -2.16. The Morgan fingerprint density at radius 3 is 2.58 bits per heavy atom. The lowest BCUT2D eigenvalue weighted by molar-refractivity contribution is -0.117. The first kappa shape index (κ1) is 14.9. The van der Waals surface area contributed by atoms with Crippen LogP contribution in [0, 0.1) is 0 Å². The summed E-state index contributed by atoms with van der Waals surface area (Å²) in [5, 5.41) is 11.0. The molecule has 0 N–H and O–H groups in total. The van der Waals surface area contributed by atoms with Gasteiger partial charge in [-0.1, -0.05) is 12.1 Å². The number of aryl methyl sites for hydroxylation is 1. The molecule has 4 rings (SSSR count). The van der Waals surface area contributed by atoms with Crippen molar-refractivity contribution in [3.63, 3.8) is 0 Å². The fourth-order valence-corrected chi connectivity index (χ4v) is 3.49. The van der Waals surface area contributed by atoms with Crippen LogP contribution in [0.25, 0.3) is 0 Å². The molecule has 1 aromatic heterocycles. The van der Waals surface area contributed by atoms with Gasteiger partial charge in [0.05, 0.1) is 18.0 Å². The van der Waals surface area contributed by atoms with Gasteiger partial charge in [-0.2, -0.15) is 10.2 Å². The molecule has 3 heterocycles. The Balaban J connectivity index is 1.52. The molecule has 1 fully saturated rings. The van der Waals surface area contributed by atoms with Gasteiger partial charge in [-0.15, -0.1) is 0 Å². The average molecular weight is 323 g/mol. The van der Waals surface area contributed by atoms with Gasteiger partial charge in [0.2, 0.25) is 5.91 Å². The van der Waals surface area contributed by atoms with Crippen molar-refractivity contribution in [3.05, 3.63) is 47.8 Å². The van der Waals surface area contributed by atoms with E-state index in [4.69, 9.17) is 5.10 Å². The monoisotopic (exact) mass is 323 g/mol. The number of amides is 1. The van der Waals surface area contributed by atoms with E-state index in [1.807, 2.05) is 53.2 Å². The van der Waals surface area contributed by atoms with Crippen LogP contribution in [0.4, 0.5) is 5.69 Å². The van der Waals surface area contributed by atoms with Crippen LogP contribution in [0.1, 0.15) is 36.4 Å². The maximum atomic E-state index is 11.8. The van der Waals surface area contributed by atoms with E-state index >= 15 is 0 Å². The van der Waals surface area contributed by atoms with Gasteiger partial charge in [0.25, 0.3) is 0 Å². The zero-order valence-electron chi connectivity index (χ0n) is 14.0. The van der Waals surface area contributed by atoms with Crippen LogP contribution in [0.15, 0.2) is 41.8 Å².